The van der Waals surface area contributed by atoms with Gasteiger partial charge in [0, 0.05) is 43.9 Å². The van der Waals surface area contributed by atoms with Gasteiger partial charge in [-0.1, -0.05) is 0 Å². The van der Waals surface area contributed by atoms with E-state index in [1.54, 1.807) is 6.20 Å². The van der Waals surface area contributed by atoms with E-state index < -0.39 is 9.84 Å². The second-order valence-corrected chi connectivity index (χ2v) is 8.10. The van der Waals surface area contributed by atoms with Crippen molar-refractivity contribution < 1.29 is 8.42 Å². The third-order valence-corrected chi connectivity index (χ3v) is 6.73. The van der Waals surface area contributed by atoms with Gasteiger partial charge in [-0.15, -0.1) is 24.8 Å². The fourth-order valence-electron chi connectivity index (χ4n) is 3.54. The maximum Gasteiger partial charge on any atom is 0.225 e. The first kappa shape index (κ1) is 17.7. The predicted molar refractivity (Wildman–Crippen MR) is 90.0 cm³/mol. The number of halogens is 2. The highest BCUT2D eigenvalue weighted by Crippen LogP contribution is 2.36. The zero-order valence-corrected chi connectivity index (χ0v) is 14.5. The first-order valence-electron chi connectivity index (χ1n) is 7.18. The van der Waals surface area contributed by atoms with Gasteiger partial charge in [-0.05, 0) is 12.8 Å². The molecule has 4 rings (SSSR count). The maximum atomic E-state index is 12.3. The lowest BCUT2D eigenvalue weighted by atomic mass is 10.00. The monoisotopic (exact) mass is 366 g/mol. The molecule has 4 heterocycles. The van der Waals surface area contributed by atoms with Crippen LogP contribution in [0, 0.1) is 0 Å². The van der Waals surface area contributed by atoms with Crippen LogP contribution in [0.2, 0.25) is 0 Å². The van der Waals surface area contributed by atoms with Gasteiger partial charge in [-0.2, -0.15) is 0 Å². The molecule has 3 aliphatic rings. The summed E-state index contributed by atoms with van der Waals surface area (Å²) < 4.78 is 24.5. The van der Waals surface area contributed by atoms with Gasteiger partial charge < -0.3 is 10.2 Å². The Hall–Kier alpha value is -0.630. The molecule has 3 aliphatic heterocycles. The molecule has 0 aromatic carbocycles. The van der Waals surface area contributed by atoms with Crippen LogP contribution in [0.1, 0.15) is 30.0 Å². The fraction of sp³-hybridized carbons (Fsp3) is 0.692. The molecule has 0 spiro atoms. The largest absolute Gasteiger partial charge is 0.341 e. The van der Waals surface area contributed by atoms with Crippen LogP contribution in [0.4, 0.5) is 5.95 Å². The highest BCUT2D eigenvalue weighted by Gasteiger charge is 2.44. The SMILES string of the molecule is Cl.Cl.O=S1(=O)Cc2cnc(N3CCCC3)nc2[C@H]2CNC[C@H]21. The number of aromatic nitrogens is 2. The molecule has 9 heteroatoms. The number of anilines is 1. The summed E-state index contributed by atoms with van der Waals surface area (Å²) >= 11 is 0. The van der Waals surface area contributed by atoms with Gasteiger partial charge in [0.2, 0.25) is 5.95 Å². The Bertz CT molecular complexity index is 649. The van der Waals surface area contributed by atoms with Gasteiger partial charge in [-0.3, -0.25) is 0 Å². The Balaban J connectivity index is 0.000000882. The van der Waals surface area contributed by atoms with E-state index in [0.29, 0.717) is 13.1 Å². The number of nitrogens with one attached hydrogen (secondary N) is 1. The minimum atomic E-state index is -3.06. The number of rotatable bonds is 1. The summed E-state index contributed by atoms with van der Waals surface area (Å²) in [5.74, 6) is 0.852. The second-order valence-electron chi connectivity index (χ2n) is 5.89. The summed E-state index contributed by atoms with van der Waals surface area (Å²) in [4.78, 5) is 11.3. The molecule has 6 nitrogen and oxygen atoms in total. The third kappa shape index (κ3) is 2.79. The van der Waals surface area contributed by atoms with E-state index in [9.17, 15) is 8.42 Å². The van der Waals surface area contributed by atoms with Gasteiger partial charge in [0.1, 0.15) is 0 Å². The van der Waals surface area contributed by atoms with Crippen LogP contribution < -0.4 is 10.2 Å². The van der Waals surface area contributed by atoms with Gasteiger partial charge >= 0.3 is 0 Å². The lowest BCUT2D eigenvalue weighted by Crippen LogP contribution is -2.35. The highest BCUT2D eigenvalue weighted by atomic mass is 35.5. The molecule has 0 bridgehead atoms. The van der Waals surface area contributed by atoms with Crippen molar-refractivity contribution in [2.75, 3.05) is 31.1 Å². The van der Waals surface area contributed by atoms with E-state index in [0.717, 1.165) is 30.3 Å². The Morgan fingerprint density at radius 3 is 2.64 bits per heavy atom. The van der Waals surface area contributed by atoms with E-state index in [-0.39, 0.29) is 41.7 Å². The smallest absolute Gasteiger partial charge is 0.225 e. The van der Waals surface area contributed by atoms with Crippen LogP contribution in [0.5, 0.6) is 0 Å². The van der Waals surface area contributed by atoms with Gasteiger partial charge in [0.25, 0.3) is 0 Å². The van der Waals surface area contributed by atoms with Crippen LogP contribution in [0.15, 0.2) is 6.20 Å². The van der Waals surface area contributed by atoms with Crippen molar-refractivity contribution in [3.05, 3.63) is 17.5 Å². The molecule has 1 N–H and O–H groups in total. The fourth-order valence-corrected chi connectivity index (χ4v) is 5.51. The van der Waals surface area contributed by atoms with Crippen molar-refractivity contribution in [2.45, 2.75) is 29.8 Å². The average molecular weight is 367 g/mol. The molecule has 2 atom stereocenters. The van der Waals surface area contributed by atoms with Gasteiger partial charge in [0.05, 0.1) is 16.7 Å². The van der Waals surface area contributed by atoms with E-state index in [4.69, 9.17) is 4.98 Å². The number of nitrogens with zero attached hydrogens (tertiary/aromatic N) is 3. The third-order valence-electron chi connectivity index (χ3n) is 4.60. The summed E-state index contributed by atoms with van der Waals surface area (Å²) in [7, 11) is -3.06. The molecular formula is C13H20Cl2N4O2S. The van der Waals surface area contributed by atoms with Crippen LogP contribution >= 0.6 is 24.8 Å². The first-order valence-corrected chi connectivity index (χ1v) is 8.90. The molecule has 0 amide bonds. The maximum absolute atomic E-state index is 12.3. The molecule has 2 fully saturated rings. The minimum Gasteiger partial charge on any atom is -0.341 e. The topological polar surface area (TPSA) is 75.2 Å². The summed E-state index contributed by atoms with van der Waals surface area (Å²) in [5, 5.41) is 2.89. The molecule has 0 saturated carbocycles. The zero-order valence-electron chi connectivity index (χ0n) is 12.1. The van der Waals surface area contributed by atoms with Crippen molar-refractivity contribution in [1.82, 2.24) is 15.3 Å². The summed E-state index contributed by atoms with van der Waals surface area (Å²) in [6.45, 7) is 3.26. The van der Waals surface area contributed by atoms with Crippen LogP contribution in [0.25, 0.3) is 0 Å². The summed E-state index contributed by atoms with van der Waals surface area (Å²) in [5.41, 5.74) is 1.74. The van der Waals surface area contributed by atoms with E-state index in [2.05, 4.69) is 15.2 Å². The zero-order chi connectivity index (χ0) is 13.7. The highest BCUT2D eigenvalue weighted by molar-refractivity contribution is 7.91. The van der Waals surface area contributed by atoms with Crippen molar-refractivity contribution in [1.29, 1.82) is 0 Å². The van der Waals surface area contributed by atoms with E-state index in [1.165, 1.54) is 12.8 Å². The molecule has 0 aliphatic carbocycles. The predicted octanol–water partition coefficient (Wildman–Crippen LogP) is 0.904. The Morgan fingerprint density at radius 1 is 1.18 bits per heavy atom. The lowest BCUT2D eigenvalue weighted by molar-refractivity contribution is 0.563. The van der Waals surface area contributed by atoms with Crippen LogP contribution in [-0.4, -0.2) is 49.8 Å². The van der Waals surface area contributed by atoms with E-state index in [1.807, 2.05) is 0 Å². The van der Waals surface area contributed by atoms with Crippen molar-refractivity contribution in [2.24, 2.45) is 0 Å². The van der Waals surface area contributed by atoms with Gasteiger partial charge in [0.15, 0.2) is 9.84 Å². The molecule has 124 valence electrons. The number of fused-ring (bicyclic) bond motifs is 3. The summed E-state index contributed by atoms with van der Waals surface area (Å²) in [6, 6.07) is 0. The molecule has 0 unspecified atom stereocenters. The van der Waals surface area contributed by atoms with Crippen LogP contribution in [-0.2, 0) is 15.6 Å². The standard InChI is InChI=1S/C13H18N4O2S.2ClH/c18-20(19)8-9-5-15-13(17-3-1-2-4-17)16-12(9)10-6-14-7-11(10)20;;/h5,10-11,14H,1-4,6-8H2;2*1H/t10-,11+;;/m0../s1. The molecule has 1 aromatic rings. The molecular weight excluding hydrogens is 347 g/mol. The Kier molecular flexibility index (Phi) is 5.21. The quantitative estimate of drug-likeness (QED) is 0.795. The number of hydrogen-bond donors (Lipinski definition) is 1. The van der Waals surface area contributed by atoms with E-state index >= 15 is 0 Å². The van der Waals surface area contributed by atoms with Crippen molar-refractivity contribution in [3.63, 3.8) is 0 Å². The number of hydrogen-bond acceptors (Lipinski definition) is 6. The molecule has 2 saturated heterocycles. The second kappa shape index (κ2) is 6.47. The number of sulfone groups is 1. The lowest BCUT2D eigenvalue weighted by Gasteiger charge is -2.27. The Morgan fingerprint density at radius 2 is 1.91 bits per heavy atom. The minimum absolute atomic E-state index is 0. The Labute approximate surface area is 142 Å². The molecule has 22 heavy (non-hydrogen) atoms. The van der Waals surface area contributed by atoms with Crippen molar-refractivity contribution >= 4 is 40.6 Å². The average Bonchev–Trinajstić information content (AvgIpc) is 3.10. The normalized spacial score (nSPS) is 28.3. The van der Waals surface area contributed by atoms with Crippen molar-refractivity contribution in [3.8, 4) is 0 Å². The molecule has 1 aromatic heterocycles. The summed E-state index contributed by atoms with van der Waals surface area (Å²) in [6.07, 6.45) is 4.09. The molecule has 0 radical (unpaired) electrons. The van der Waals surface area contributed by atoms with Crippen LogP contribution in [0.3, 0.4) is 0 Å². The first-order chi connectivity index (χ1) is 9.65. The van der Waals surface area contributed by atoms with Gasteiger partial charge in [-0.25, -0.2) is 18.4 Å².